The largest absolute Gasteiger partial charge is 0.481 e. The Morgan fingerprint density at radius 2 is 1.92 bits per heavy atom. The second-order valence-corrected chi connectivity index (χ2v) is 3.28. The maximum absolute atomic E-state index is 11.1. The Balaban J connectivity index is 3.68. The maximum atomic E-state index is 11.1. The third-order valence-electron chi connectivity index (χ3n) is 1.36. The fourth-order valence-corrected chi connectivity index (χ4v) is 1.03. The summed E-state index contributed by atoms with van der Waals surface area (Å²) in [6.45, 7) is 0.340. The Kier molecular flexibility index (Phi) is 5.29. The summed E-state index contributed by atoms with van der Waals surface area (Å²) in [4.78, 5) is 22.7. The molecule has 0 bridgehead atoms. The number of hydrogen-bond acceptors (Lipinski definition) is 3. The quantitative estimate of drug-likeness (QED) is 0.665. The number of aliphatic carboxylic acids is 1. The van der Waals surface area contributed by atoms with Crippen LogP contribution in [0.25, 0.3) is 0 Å². The van der Waals surface area contributed by atoms with E-state index in [2.05, 4.69) is 12.8 Å². The van der Waals surface area contributed by atoms with Crippen LogP contribution >= 0.6 is 12.8 Å². The summed E-state index contributed by atoms with van der Waals surface area (Å²) in [5.74, 6) is -0.862. The molecular formula is C7H14N2O3S. The van der Waals surface area contributed by atoms with Crippen LogP contribution in [0.15, 0.2) is 0 Å². The van der Waals surface area contributed by atoms with E-state index in [9.17, 15) is 9.59 Å². The van der Waals surface area contributed by atoms with E-state index in [0.717, 1.165) is 0 Å². The van der Waals surface area contributed by atoms with E-state index < -0.39 is 5.97 Å². The molecule has 0 rings (SSSR count). The van der Waals surface area contributed by atoms with Crippen LogP contribution in [0.5, 0.6) is 0 Å². The van der Waals surface area contributed by atoms with Crippen molar-refractivity contribution in [3.63, 3.8) is 0 Å². The van der Waals surface area contributed by atoms with Gasteiger partial charge >= 0.3 is 12.0 Å². The van der Waals surface area contributed by atoms with Gasteiger partial charge in [-0.25, -0.2) is 4.79 Å². The number of carbonyl (C=O) groups excluding carboxylic acids is 1. The minimum Gasteiger partial charge on any atom is -0.481 e. The van der Waals surface area contributed by atoms with Crippen molar-refractivity contribution in [1.29, 1.82) is 0 Å². The summed E-state index contributed by atoms with van der Waals surface area (Å²) >= 11 is 3.92. The summed E-state index contributed by atoms with van der Waals surface area (Å²) in [6.07, 6.45) is 0.468. The van der Waals surface area contributed by atoms with E-state index >= 15 is 0 Å². The number of thiol groups is 1. The predicted molar refractivity (Wildman–Crippen MR) is 51.6 cm³/mol. The molecule has 0 heterocycles. The Morgan fingerprint density at radius 1 is 1.38 bits per heavy atom. The standard InChI is InChI=1S/C7H14N2O3S/c1-8(2)7(12)9(13)5-3-4-6(10)11/h13H,3-5H2,1-2H3,(H,10,11). The molecule has 0 saturated carbocycles. The minimum atomic E-state index is -0.862. The first-order chi connectivity index (χ1) is 5.95. The number of amides is 2. The van der Waals surface area contributed by atoms with Gasteiger partial charge in [-0.2, -0.15) is 0 Å². The zero-order chi connectivity index (χ0) is 10.4. The van der Waals surface area contributed by atoms with Gasteiger partial charge in [-0.05, 0) is 6.42 Å². The summed E-state index contributed by atoms with van der Waals surface area (Å²) in [5, 5.41) is 8.34. The van der Waals surface area contributed by atoms with Gasteiger partial charge in [0.2, 0.25) is 0 Å². The molecule has 0 spiro atoms. The average Bonchev–Trinajstić information content (AvgIpc) is 2.02. The molecule has 0 aromatic rings. The first-order valence-corrected chi connectivity index (χ1v) is 4.24. The molecule has 2 amide bonds. The monoisotopic (exact) mass is 206 g/mol. The van der Waals surface area contributed by atoms with Gasteiger partial charge in [0, 0.05) is 27.1 Å². The molecule has 0 aromatic heterocycles. The van der Waals surface area contributed by atoms with E-state index in [-0.39, 0.29) is 12.5 Å². The highest BCUT2D eigenvalue weighted by atomic mass is 32.1. The Hall–Kier alpha value is -0.910. The van der Waals surface area contributed by atoms with Crippen molar-refractivity contribution in [3.05, 3.63) is 0 Å². The highest BCUT2D eigenvalue weighted by molar-refractivity contribution is 7.78. The van der Waals surface area contributed by atoms with Crippen LogP contribution < -0.4 is 0 Å². The third kappa shape index (κ3) is 5.35. The number of carboxylic acids is 1. The molecule has 5 nitrogen and oxygen atoms in total. The number of urea groups is 1. The molecule has 0 aromatic carbocycles. The predicted octanol–water partition coefficient (Wildman–Crippen LogP) is 0.680. The Labute approximate surface area is 82.9 Å². The van der Waals surface area contributed by atoms with Crippen molar-refractivity contribution in [2.45, 2.75) is 12.8 Å². The molecule has 6 heteroatoms. The summed E-state index contributed by atoms with van der Waals surface area (Å²) in [5.41, 5.74) is 0. The van der Waals surface area contributed by atoms with Crippen molar-refractivity contribution < 1.29 is 14.7 Å². The van der Waals surface area contributed by atoms with Gasteiger partial charge in [-0.15, -0.1) is 0 Å². The number of carboxylic acid groups (broad SMARTS) is 1. The lowest BCUT2D eigenvalue weighted by Crippen LogP contribution is -2.33. The number of nitrogens with zero attached hydrogens (tertiary/aromatic N) is 2. The van der Waals surface area contributed by atoms with Crippen molar-refractivity contribution in [3.8, 4) is 0 Å². The smallest absolute Gasteiger partial charge is 0.329 e. The molecule has 0 aliphatic carbocycles. The second kappa shape index (κ2) is 5.69. The molecule has 13 heavy (non-hydrogen) atoms. The lowest BCUT2D eigenvalue weighted by molar-refractivity contribution is -0.137. The van der Waals surface area contributed by atoms with Crippen LogP contribution in [-0.4, -0.2) is 47.0 Å². The van der Waals surface area contributed by atoms with Gasteiger partial charge in [0.25, 0.3) is 0 Å². The molecule has 0 saturated heterocycles. The van der Waals surface area contributed by atoms with Crippen LogP contribution in [0.3, 0.4) is 0 Å². The van der Waals surface area contributed by atoms with Gasteiger partial charge < -0.3 is 10.0 Å². The van der Waals surface area contributed by atoms with E-state index in [4.69, 9.17) is 5.11 Å². The van der Waals surface area contributed by atoms with Crippen molar-refractivity contribution in [2.24, 2.45) is 0 Å². The van der Waals surface area contributed by atoms with E-state index in [1.807, 2.05) is 0 Å². The van der Waals surface area contributed by atoms with Crippen LogP contribution in [0, 0.1) is 0 Å². The van der Waals surface area contributed by atoms with E-state index in [1.54, 1.807) is 14.1 Å². The SMILES string of the molecule is CN(C)C(=O)N(S)CCCC(=O)O. The summed E-state index contributed by atoms with van der Waals surface area (Å²) in [6, 6.07) is -0.242. The molecule has 0 aliphatic heterocycles. The Bertz CT molecular complexity index is 196. The maximum Gasteiger partial charge on any atom is 0.329 e. The van der Waals surface area contributed by atoms with Crippen LogP contribution in [0.2, 0.25) is 0 Å². The fraction of sp³-hybridized carbons (Fsp3) is 0.714. The fourth-order valence-electron chi connectivity index (χ4n) is 0.707. The van der Waals surface area contributed by atoms with Gasteiger partial charge in [0.05, 0.1) is 0 Å². The lowest BCUT2D eigenvalue weighted by Gasteiger charge is -2.19. The number of rotatable bonds is 4. The van der Waals surface area contributed by atoms with Gasteiger partial charge in [-0.3, -0.25) is 9.10 Å². The van der Waals surface area contributed by atoms with E-state index in [1.165, 1.54) is 9.21 Å². The molecule has 0 fully saturated rings. The zero-order valence-corrected chi connectivity index (χ0v) is 8.62. The molecule has 0 aliphatic rings. The molecule has 0 atom stereocenters. The topological polar surface area (TPSA) is 60.9 Å². The van der Waals surface area contributed by atoms with Gasteiger partial charge in [-0.1, -0.05) is 12.8 Å². The first kappa shape index (κ1) is 12.1. The van der Waals surface area contributed by atoms with Crippen molar-refractivity contribution >= 4 is 24.8 Å². The van der Waals surface area contributed by atoms with Crippen molar-refractivity contribution in [1.82, 2.24) is 9.21 Å². The number of carbonyl (C=O) groups is 2. The molecule has 0 radical (unpaired) electrons. The third-order valence-corrected chi connectivity index (χ3v) is 1.74. The molecular weight excluding hydrogens is 192 g/mol. The molecule has 1 N–H and O–H groups in total. The normalized spacial score (nSPS) is 9.46. The highest BCUT2D eigenvalue weighted by Crippen LogP contribution is 2.01. The van der Waals surface area contributed by atoms with E-state index in [0.29, 0.717) is 13.0 Å². The molecule has 0 unspecified atom stereocenters. The van der Waals surface area contributed by atoms with Crippen LogP contribution in [-0.2, 0) is 4.79 Å². The van der Waals surface area contributed by atoms with Gasteiger partial charge in [0.15, 0.2) is 0 Å². The van der Waals surface area contributed by atoms with Gasteiger partial charge in [0.1, 0.15) is 0 Å². The minimum absolute atomic E-state index is 0.0533. The average molecular weight is 206 g/mol. The lowest BCUT2D eigenvalue weighted by atomic mass is 10.3. The Morgan fingerprint density at radius 3 is 2.31 bits per heavy atom. The van der Waals surface area contributed by atoms with Crippen LogP contribution in [0.4, 0.5) is 4.79 Å². The summed E-state index contributed by atoms with van der Waals surface area (Å²) < 4.78 is 1.20. The zero-order valence-electron chi connectivity index (χ0n) is 7.73. The van der Waals surface area contributed by atoms with Crippen molar-refractivity contribution in [2.75, 3.05) is 20.6 Å². The summed E-state index contributed by atoms with van der Waals surface area (Å²) in [7, 11) is 3.23. The first-order valence-electron chi connectivity index (χ1n) is 3.84. The second-order valence-electron chi connectivity index (χ2n) is 2.80. The molecule has 76 valence electrons. The number of hydrogen-bond donors (Lipinski definition) is 2. The highest BCUT2D eigenvalue weighted by Gasteiger charge is 2.11. The van der Waals surface area contributed by atoms with Crippen LogP contribution in [0.1, 0.15) is 12.8 Å².